The average molecular weight is 262 g/mol. The number of nitrogens with two attached hydrogens (primary N) is 1. The van der Waals surface area contributed by atoms with E-state index in [9.17, 15) is 4.79 Å². The van der Waals surface area contributed by atoms with Crippen molar-refractivity contribution in [3.8, 4) is 0 Å². The quantitative estimate of drug-likeness (QED) is 0.864. The molecule has 4 heteroatoms. The smallest absolute Gasteiger partial charge is 0.252 e. The summed E-state index contributed by atoms with van der Waals surface area (Å²) in [6, 6.07) is 7.64. The lowest BCUT2D eigenvalue weighted by atomic mass is 9.93. The molecule has 1 aliphatic rings. The third-order valence-electron chi connectivity index (χ3n) is 3.53. The monoisotopic (exact) mass is 262 g/mol. The Morgan fingerprint density at radius 3 is 2.95 bits per heavy atom. The predicted octanol–water partition coefficient (Wildman–Crippen LogP) is 1.49. The first kappa shape index (κ1) is 14.0. The lowest BCUT2D eigenvalue weighted by Crippen LogP contribution is -2.51. The van der Waals surface area contributed by atoms with Crippen molar-refractivity contribution in [2.24, 2.45) is 5.73 Å². The van der Waals surface area contributed by atoms with Gasteiger partial charge < -0.3 is 15.8 Å². The van der Waals surface area contributed by atoms with Crippen LogP contribution < -0.4 is 11.1 Å². The van der Waals surface area contributed by atoms with Crippen molar-refractivity contribution in [1.82, 2.24) is 5.32 Å². The molecule has 1 aromatic rings. The Balaban J connectivity index is 2.11. The van der Waals surface area contributed by atoms with Gasteiger partial charge in [0.1, 0.15) is 0 Å². The SMILES string of the molecule is CC1(NC(=O)c2ccccc2CCN)CCCOC1. The summed E-state index contributed by atoms with van der Waals surface area (Å²) in [6.45, 7) is 3.95. The molecule has 1 unspecified atom stereocenters. The molecule has 1 aliphatic heterocycles. The highest BCUT2D eigenvalue weighted by Gasteiger charge is 2.30. The van der Waals surface area contributed by atoms with E-state index in [1.165, 1.54) is 0 Å². The van der Waals surface area contributed by atoms with Gasteiger partial charge in [-0.1, -0.05) is 18.2 Å². The molecule has 3 N–H and O–H groups in total. The molecule has 1 heterocycles. The Labute approximate surface area is 114 Å². The highest BCUT2D eigenvalue weighted by molar-refractivity contribution is 5.96. The summed E-state index contributed by atoms with van der Waals surface area (Å²) in [5, 5.41) is 3.11. The molecule has 1 saturated heterocycles. The first-order valence-corrected chi connectivity index (χ1v) is 6.83. The first-order valence-electron chi connectivity index (χ1n) is 6.83. The van der Waals surface area contributed by atoms with E-state index < -0.39 is 0 Å². The number of ether oxygens (including phenoxy) is 1. The zero-order chi connectivity index (χ0) is 13.7. The number of carbonyl (C=O) groups excluding carboxylic acids is 1. The van der Waals surface area contributed by atoms with Gasteiger partial charge in [-0.25, -0.2) is 0 Å². The van der Waals surface area contributed by atoms with Crippen LogP contribution in [-0.4, -0.2) is 31.2 Å². The number of nitrogens with one attached hydrogen (secondary N) is 1. The summed E-state index contributed by atoms with van der Waals surface area (Å²) in [4.78, 5) is 12.4. The molecule has 0 aliphatic carbocycles. The third kappa shape index (κ3) is 3.55. The fraction of sp³-hybridized carbons (Fsp3) is 0.533. The maximum atomic E-state index is 12.4. The minimum atomic E-state index is -0.259. The van der Waals surface area contributed by atoms with Crippen molar-refractivity contribution in [3.63, 3.8) is 0 Å². The van der Waals surface area contributed by atoms with Gasteiger partial charge in [0.25, 0.3) is 5.91 Å². The van der Waals surface area contributed by atoms with Gasteiger partial charge in [-0.15, -0.1) is 0 Å². The van der Waals surface area contributed by atoms with Gasteiger partial charge in [-0.05, 0) is 44.4 Å². The van der Waals surface area contributed by atoms with Gasteiger partial charge in [0.15, 0.2) is 0 Å². The third-order valence-corrected chi connectivity index (χ3v) is 3.53. The average Bonchev–Trinajstić information content (AvgIpc) is 2.40. The van der Waals surface area contributed by atoms with E-state index in [1.807, 2.05) is 31.2 Å². The molecule has 0 bridgehead atoms. The fourth-order valence-corrected chi connectivity index (χ4v) is 2.49. The normalized spacial score (nSPS) is 23.1. The Bertz CT molecular complexity index is 440. The van der Waals surface area contributed by atoms with Gasteiger partial charge in [-0.3, -0.25) is 4.79 Å². The maximum Gasteiger partial charge on any atom is 0.252 e. The summed E-state index contributed by atoms with van der Waals surface area (Å²) in [7, 11) is 0. The van der Waals surface area contributed by atoms with Crippen molar-refractivity contribution in [1.29, 1.82) is 0 Å². The lowest BCUT2D eigenvalue weighted by Gasteiger charge is -2.34. The minimum Gasteiger partial charge on any atom is -0.379 e. The second-order valence-corrected chi connectivity index (χ2v) is 5.37. The van der Waals surface area contributed by atoms with Crippen LogP contribution in [-0.2, 0) is 11.2 Å². The van der Waals surface area contributed by atoms with E-state index in [2.05, 4.69) is 5.32 Å². The molecule has 1 atom stereocenters. The van der Waals surface area contributed by atoms with Crippen LogP contribution in [0.4, 0.5) is 0 Å². The zero-order valence-corrected chi connectivity index (χ0v) is 11.4. The number of hydrogen-bond donors (Lipinski definition) is 2. The minimum absolute atomic E-state index is 0.0305. The molecule has 0 saturated carbocycles. The molecule has 2 rings (SSSR count). The number of hydrogen-bond acceptors (Lipinski definition) is 3. The van der Waals surface area contributed by atoms with Crippen molar-refractivity contribution < 1.29 is 9.53 Å². The predicted molar refractivity (Wildman–Crippen MR) is 75.1 cm³/mol. The summed E-state index contributed by atoms with van der Waals surface area (Å²) in [6.07, 6.45) is 2.66. The van der Waals surface area contributed by atoms with Crippen LogP contribution >= 0.6 is 0 Å². The molecule has 0 spiro atoms. The highest BCUT2D eigenvalue weighted by atomic mass is 16.5. The zero-order valence-electron chi connectivity index (χ0n) is 11.4. The van der Waals surface area contributed by atoms with E-state index in [1.54, 1.807) is 0 Å². The molecule has 4 nitrogen and oxygen atoms in total. The van der Waals surface area contributed by atoms with Crippen LogP contribution in [0.25, 0.3) is 0 Å². The van der Waals surface area contributed by atoms with E-state index in [0.717, 1.165) is 37.0 Å². The van der Waals surface area contributed by atoms with Crippen LogP contribution in [0.1, 0.15) is 35.7 Å². The summed E-state index contributed by atoms with van der Waals surface area (Å²) < 4.78 is 5.46. The first-order chi connectivity index (χ1) is 9.14. The Hall–Kier alpha value is -1.39. The van der Waals surface area contributed by atoms with Crippen LogP contribution in [0.15, 0.2) is 24.3 Å². The summed E-state index contributed by atoms with van der Waals surface area (Å²) >= 11 is 0. The molecule has 104 valence electrons. The Morgan fingerprint density at radius 2 is 2.26 bits per heavy atom. The summed E-state index contributed by atoms with van der Waals surface area (Å²) in [5.41, 5.74) is 7.05. The number of rotatable bonds is 4. The number of benzene rings is 1. The van der Waals surface area contributed by atoms with Gasteiger partial charge in [-0.2, -0.15) is 0 Å². The standard InChI is InChI=1S/C15H22N2O2/c1-15(8-4-10-19-11-15)17-14(18)13-6-3-2-5-12(13)7-9-16/h2-3,5-6H,4,7-11,16H2,1H3,(H,17,18). The second kappa shape index (κ2) is 6.17. The van der Waals surface area contributed by atoms with Crippen molar-refractivity contribution in [3.05, 3.63) is 35.4 Å². The maximum absolute atomic E-state index is 12.4. The molecule has 0 aromatic heterocycles. The summed E-state index contributed by atoms with van der Waals surface area (Å²) in [5.74, 6) is -0.0305. The molecule has 19 heavy (non-hydrogen) atoms. The van der Waals surface area contributed by atoms with Crippen molar-refractivity contribution >= 4 is 5.91 Å². The number of amides is 1. The number of carbonyl (C=O) groups is 1. The Morgan fingerprint density at radius 1 is 1.47 bits per heavy atom. The largest absolute Gasteiger partial charge is 0.379 e. The van der Waals surface area contributed by atoms with E-state index in [-0.39, 0.29) is 11.4 Å². The van der Waals surface area contributed by atoms with E-state index >= 15 is 0 Å². The van der Waals surface area contributed by atoms with E-state index in [0.29, 0.717) is 13.2 Å². The van der Waals surface area contributed by atoms with Crippen molar-refractivity contribution in [2.45, 2.75) is 31.7 Å². The fourth-order valence-electron chi connectivity index (χ4n) is 2.49. The van der Waals surface area contributed by atoms with Gasteiger partial charge in [0.05, 0.1) is 12.1 Å². The molecule has 1 aromatic carbocycles. The van der Waals surface area contributed by atoms with Crippen LogP contribution in [0.3, 0.4) is 0 Å². The van der Waals surface area contributed by atoms with Crippen LogP contribution in [0.2, 0.25) is 0 Å². The van der Waals surface area contributed by atoms with E-state index in [4.69, 9.17) is 10.5 Å². The molecule has 1 fully saturated rings. The van der Waals surface area contributed by atoms with Crippen molar-refractivity contribution in [2.75, 3.05) is 19.8 Å². The van der Waals surface area contributed by atoms with Crippen LogP contribution in [0, 0.1) is 0 Å². The molecular weight excluding hydrogens is 240 g/mol. The van der Waals surface area contributed by atoms with Gasteiger partial charge >= 0.3 is 0 Å². The van der Waals surface area contributed by atoms with Gasteiger partial charge in [0.2, 0.25) is 0 Å². The second-order valence-electron chi connectivity index (χ2n) is 5.37. The topological polar surface area (TPSA) is 64.4 Å². The van der Waals surface area contributed by atoms with Gasteiger partial charge in [0, 0.05) is 12.2 Å². The lowest BCUT2D eigenvalue weighted by molar-refractivity contribution is 0.0272. The Kier molecular flexibility index (Phi) is 4.56. The molecule has 0 radical (unpaired) electrons. The highest BCUT2D eigenvalue weighted by Crippen LogP contribution is 2.19. The molecular formula is C15H22N2O2. The molecule has 1 amide bonds. The van der Waals surface area contributed by atoms with Crippen LogP contribution in [0.5, 0.6) is 0 Å².